The number of carbonyl (C=O) groups is 2. The van der Waals surface area contributed by atoms with Crippen molar-refractivity contribution in [3.63, 3.8) is 0 Å². The minimum absolute atomic E-state index is 0.170. The first-order valence-electron chi connectivity index (χ1n) is 8.41. The Kier molecular flexibility index (Phi) is 5.73. The van der Waals surface area contributed by atoms with E-state index >= 15 is 0 Å². The van der Waals surface area contributed by atoms with Crippen molar-refractivity contribution in [1.82, 2.24) is 10.2 Å². The van der Waals surface area contributed by atoms with Crippen molar-refractivity contribution in [1.29, 1.82) is 0 Å². The van der Waals surface area contributed by atoms with Crippen LogP contribution in [-0.4, -0.2) is 23.4 Å². The van der Waals surface area contributed by atoms with E-state index in [1.165, 1.54) is 4.90 Å². The smallest absolute Gasteiger partial charge is 0.329 e. The van der Waals surface area contributed by atoms with Gasteiger partial charge in [-0.1, -0.05) is 53.0 Å². The van der Waals surface area contributed by atoms with Gasteiger partial charge in [0.15, 0.2) is 5.75 Å². The lowest BCUT2D eigenvalue weighted by atomic mass is 10.1. The van der Waals surface area contributed by atoms with Crippen LogP contribution in [0.3, 0.4) is 0 Å². The van der Waals surface area contributed by atoms with Crippen LogP contribution in [0.2, 0.25) is 10.0 Å². The standard InChI is InChI=1S/C20H18Cl2N2O3/c1-3-27-18-15(21)8-14(9-16(18)22)10-17-19(25)24(20(26)23-17)11-13-6-4-5-12(2)7-13/h4-10H,3,11H2,1-2H3,(H,23,26)/b17-10+. The number of urea groups is 1. The number of nitrogens with one attached hydrogen (secondary N) is 1. The van der Waals surface area contributed by atoms with E-state index in [0.717, 1.165) is 11.1 Å². The largest absolute Gasteiger partial charge is 0.491 e. The van der Waals surface area contributed by atoms with Crippen LogP contribution in [0.4, 0.5) is 4.79 Å². The van der Waals surface area contributed by atoms with E-state index in [0.29, 0.717) is 28.0 Å². The van der Waals surface area contributed by atoms with Gasteiger partial charge in [0, 0.05) is 0 Å². The van der Waals surface area contributed by atoms with Crippen LogP contribution in [-0.2, 0) is 11.3 Å². The van der Waals surface area contributed by atoms with Crippen molar-refractivity contribution in [2.24, 2.45) is 0 Å². The molecule has 0 saturated carbocycles. The van der Waals surface area contributed by atoms with Gasteiger partial charge in [-0.25, -0.2) is 4.79 Å². The number of aryl methyl sites for hydroxylation is 1. The number of halogens is 2. The predicted octanol–water partition coefficient (Wildman–Crippen LogP) is 4.79. The summed E-state index contributed by atoms with van der Waals surface area (Å²) in [5.74, 6) is -0.00604. The first-order chi connectivity index (χ1) is 12.9. The Labute approximate surface area is 167 Å². The number of rotatable bonds is 5. The van der Waals surface area contributed by atoms with E-state index in [9.17, 15) is 9.59 Å². The summed E-state index contributed by atoms with van der Waals surface area (Å²) in [6, 6.07) is 10.5. The summed E-state index contributed by atoms with van der Waals surface area (Å²) < 4.78 is 5.39. The van der Waals surface area contributed by atoms with Crippen molar-refractivity contribution in [2.45, 2.75) is 20.4 Å². The maximum absolute atomic E-state index is 12.6. The van der Waals surface area contributed by atoms with Gasteiger partial charge in [0.2, 0.25) is 0 Å². The summed E-state index contributed by atoms with van der Waals surface area (Å²) in [7, 11) is 0. The molecule has 0 unspecified atom stereocenters. The topological polar surface area (TPSA) is 58.6 Å². The summed E-state index contributed by atoms with van der Waals surface area (Å²) in [6.07, 6.45) is 1.55. The molecule has 0 radical (unpaired) electrons. The van der Waals surface area contributed by atoms with E-state index in [-0.39, 0.29) is 12.2 Å². The van der Waals surface area contributed by atoms with Crippen LogP contribution >= 0.6 is 23.2 Å². The monoisotopic (exact) mass is 404 g/mol. The molecule has 0 bridgehead atoms. The first-order valence-corrected chi connectivity index (χ1v) is 9.16. The molecule has 1 aliphatic rings. The van der Waals surface area contributed by atoms with Gasteiger partial charge < -0.3 is 10.1 Å². The van der Waals surface area contributed by atoms with Crippen molar-refractivity contribution in [3.05, 3.63) is 68.8 Å². The second-order valence-electron chi connectivity index (χ2n) is 6.12. The number of imide groups is 1. The second-order valence-corrected chi connectivity index (χ2v) is 6.93. The number of nitrogens with zero attached hydrogens (tertiary/aromatic N) is 1. The molecule has 1 saturated heterocycles. The maximum Gasteiger partial charge on any atom is 0.329 e. The molecular weight excluding hydrogens is 387 g/mol. The average Bonchev–Trinajstić information content (AvgIpc) is 2.86. The van der Waals surface area contributed by atoms with Crippen LogP contribution in [0, 0.1) is 6.92 Å². The Morgan fingerprint density at radius 3 is 2.48 bits per heavy atom. The molecule has 7 heteroatoms. The zero-order chi connectivity index (χ0) is 19.6. The summed E-state index contributed by atoms with van der Waals surface area (Å²) in [4.78, 5) is 26.0. The normalized spacial score (nSPS) is 15.4. The lowest BCUT2D eigenvalue weighted by Crippen LogP contribution is -2.30. The Hall–Kier alpha value is -2.50. The number of benzene rings is 2. The highest BCUT2D eigenvalue weighted by Crippen LogP contribution is 2.35. The molecule has 0 spiro atoms. The van der Waals surface area contributed by atoms with Gasteiger partial charge in [-0.3, -0.25) is 9.69 Å². The minimum Gasteiger partial charge on any atom is -0.491 e. The fourth-order valence-electron chi connectivity index (χ4n) is 2.82. The molecule has 5 nitrogen and oxygen atoms in total. The van der Waals surface area contributed by atoms with Crippen molar-refractivity contribution in [2.75, 3.05) is 6.61 Å². The molecule has 27 heavy (non-hydrogen) atoms. The van der Waals surface area contributed by atoms with Gasteiger partial charge in [0.25, 0.3) is 5.91 Å². The highest BCUT2D eigenvalue weighted by molar-refractivity contribution is 6.37. The predicted molar refractivity (Wildman–Crippen MR) is 106 cm³/mol. The van der Waals surface area contributed by atoms with Gasteiger partial charge in [-0.05, 0) is 43.2 Å². The van der Waals surface area contributed by atoms with Crippen LogP contribution in [0.1, 0.15) is 23.6 Å². The lowest BCUT2D eigenvalue weighted by Gasteiger charge is -2.12. The van der Waals surface area contributed by atoms with E-state index in [1.807, 2.05) is 38.1 Å². The Morgan fingerprint density at radius 1 is 1.15 bits per heavy atom. The molecule has 0 aliphatic carbocycles. The van der Waals surface area contributed by atoms with Gasteiger partial charge in [0.1, 0.15) is 5.70 Å². The SMILES string of the molecule is CCOc1c(Cl)cc(/C=C2/NC(=O)N(Cc3cccc(C)c3)C2=O)cc1Cl. The minimum atomic E-state index is -0.462. The molecule has 0 aromatic heterocycles. The van der Waals surface area contributed by atoms with E-state index in [1.54, 1.807) is 18.2 Å². The van der Waals surface area contributed by atoms with Crippen molar-refractivity contribution >= 4 is 41.2 Å². The number of hydrogen-bond donors (Lipinski definition) is 1. The third-order valence-corrected chi connectivity index (χ3v) is 4.57. The molecule has 1 N–H and O–H groups in total. The molecule has 140 valence electrons. The summed E-state index contributed by atoms with van der Waals surface area (Å²) in [5, 5.41) is 3.27. The molecule has 3 amide bonds. The number of ether oxygens (including phenoxy) is 1. The molecule has 1 aliphatic heterocycles. The first kappa shape index (κ1) is 19.3. The molecule has 3 rings (SSSR count). The molecule has 2 aromatic rings. The van der Waals surface area contributed by atoms with Crippen LogP contribution in [0.5, 0.6) is 5.75 Å². The summed E-state index contributed by atoms with van der Waals surface area (Å²) >= 11 is 12.4. The fourth-order valence-corrected chi connectivity index (χ4v) is 3.43. The number of amides is 3. The third kappa shape index (κ3) is 4.26. The fraction of sp³-hybridized carbons (Fsp3) is 0.200. The van der Waals surface area contributed by atoms with Crippen LogP contribution in [0.15, 0.2) is 42.1 Å². The van der Waals surface area contributed by atoms with Crippen molar-refractivity contribution < 1.29 is 14.3 Å². The van der Waals surface area contributed by atoms with Gasteiger partial charge in [0.05, 0.1) is 23.2 Å². The molecule has 1 heterocycles. The maximum atomic E-state index is 12.6. The number of carbonyl (C=O) groups excluding carboxylic acids is 2. The van der Waals surface area contributed by atoms with Crippen LogP contribution < -0.4 is 10.1 Å². The van der Waals surface area contributed by atoms with E-state index in [4.69, 9.17) is 27.9 Å². The Bertz CT molecular complexity index is 918. The molecular formula is C20H18Cl2N2O3. The molecule has 2 aromatic carbocycles. The van der Waals surface area contributed by atoms with E-state index in [2.05, 4.69) is 5.32 Å². The van der Waals surface area contributed by atoms with Gasteiger partial charge in [-0.15, -0.1) is 0 Å². The quantitative estimate of drug-likeness (QED) is 0.575. The zero-order valence-corrected chi connectivity index (χ0v) is 16.4. The van der Waals surface area contributed by atoms with Gasteiger partial charge in [-0.2, -0.15) is 0 Å². The zero-order valence-electron chi connectivity index (χ0n) is 14.9. The average molecular weight is 405 g/mol. The van der Waals surface area contributed by atoms with Gasteiger partial charge >= 0.3 is 6.03 Å². The summed E-state index contributed by atoms with van der Waals surface area (Å²) in [6.45, 7) is 4.43. The Balaban J connectivity index is 1.84. The highest BCUT2D eigenvalue weighted by atomic mass is 35.5. The lowest BCUT2D eigenvalue weighted by molar-refractivity contribution is -0.123. The Morgan fingerprint density at radius 2 is 1.85 bits per heavy atom. The second kappa shape index (κ2) is 8.03. The summed E-state index contributed by atoms with van der Waals surface area (Å²) in [5.41, 5.74) is 2.71. The highest BCUT2D eigenvalue weighted by Gasteiger charge is 2.33. The third-order valence-electron chi connectivity index (χ3n) is 4.01. The van der Waals surface area contributed by atoms with Crippen LogP contribution in [0.25, 0.3) is 6.08 Å². The number of hydrogen-bond acceptors (Lipinski definition) is 3. The molecule has 1 fully saturated rings. The van der Waals surface area contributed by atoms with E-state index < -0.39 is 11.9 Å². The van der Waals surface area contributed by atoms with Crippen molar-refractivity contribution in [3.8, 4) is 5.75 Å². The molecule has 0 atom stereocenters.